The number of hydrogen-bond donors (Lipinski definition) is 2. The van der Waals surface area contributed by atoms with Crippen molar-refractivity contribution in [2.75, 3.05) is 18.1 Å². The zero-order valence-corrected chi connectivity index (χ0v) is 12.8. The number of nitrogens with two attached hydrogens (primary N) is 1. The molecule has 19 heavy (non-hydrogen) atoms. The first kappa shape index (κ1) is 15.9. The summed E-state index contributed by atoms with van der Waals surface area (Å²) in [5, 5.41) is 9.29. The van der Waals surface area contributed by atoms with E-state index in [0.29, 0.717) is 17.6 Å². The van der Waals surface area contributed by atoms with Gasteiger partial charge in [0, 0.05) is 23.8 Å². The molecule has 1 rings (SSSR count). The first-order valence-electron chi connectivity index (χ1n) is 6.83. The summed E-state index contributed by atoms with van der Waals surface area (Å²) in [5.74, 6) is 0. The summed E-state index contributed by atoms with van der Waals surface area (Å²) in [7, 11) is 0. The fraction of sp³-hybridized carbons (Fsp3) is 0.533. The van der Waals surface area contributed by atoms with E-state index in [9.17, 15) is 5.11 Å². The van der Waals surface area contributed by atoms with Gasteiger partial charge in [-0.25, -0.2) is 0 Å². The standard InChI is InChI=1S/C15H24N2OS/c1-4-13(5-2)17(8-9-18)14-7-6-12(15(16)19)10-11(14)3/h6-7,10,13,18H,4-5,8-9H2,1-3H3,(H2,16,19). The SMILES string of the molecule is CCC(CC)N(CCO)c1ccc(C(N)=S)cc1C. The van der Waals surface area contributed by atoms with Crippen LogP contribution in [0.15, 0.2) is 18.2 Å². The van der Waals surface area contributed by atoms with Gasteiger partial charge in [-0.05, 0) is 43.5 Å². The minimum atomic E-state index is 0.160. The third kappa shape index (κ3) is 3.91. The molecule has 0 saturated carbocycles. The minimum Gasteiger partial charge on any atom is -0.395 e. The van der Waals surface area contributed by atoms with Crippen LogP contribution < -0.4 is 10.6 Å². The monoisotopic (exact) mass is 280 g/mol. The molecule has 0 aliphatic heterocycles. The van der Waals surface area contributed by atoms with Crippen molar-refractivity contribution in [1.82, 2.24) is 0 Å². The second-order valence-corrected chi connectivity index (χ2v) is 5.19. The Hall–Kier alpha value is -1.13. The molecule has 0 atom stereocenters. The molecule has 0 bridgehead atoms. The molecule has 0 spiro atoms. The summed E-state index contributed by atoms with van der Waals surface area (Å²) in [6.07, 6.45) is 2.12. The van der Waals surface area contributed by atoms with Crippen molar-refractivity contribution in [3.8, 4) is 0 Å². The molecule has 3 nitrogen and oxygen atoms in total. The van der Waals surface area contributed by atoms with Crippen molar-refractivity contribution in [2.45, 2.75) is 39.7 Å². The lowest BCUT2D eigenvalue weighted by atomic mass is 10.0. The van der Waals surface area contributed by atoms with Gasteiger partial charge in [-0.2, -0.15) is 0 Å². The molecule has 0 amide bonds. The summed E-state index contributed by atoms with van der Waals surface area (Å²) < 4.78 is 0. The Morgan fingerprint density at radius 3 is 2.42 bits per heavy atom. The molecule has 0 radical (unpaired) electrons. The van der Waals surface area contributed by atoms with Crippen LogP contribution in [-0.4, -0.2) is 29.3 Å². The molecule has 0 unspecified atom stereocenters. The first-order chi connectivity index (χ1) is 9.04. The Kier molecular flexibility index (Phi) is 6.25. The topological polar surface area (TPSA) is 49.5 Å². The number of aryl methyl sites for hydroxylation is 1. The molecule has 106 valence electrons. The highest BCUT2D eigenvalue weighted by Crippen LogP contribution is 2.25. The minimum absolute atomic E-state index is 0.160. The summed E-state index contributed by atoms with van der Waals surface area (Å²) in [6.45, 7) is 7.23. The number of benzene rings is 1. The number of aliphatic hydroxyl groups is 1. The normalized spacial score (nSPS) is 10.8. The van der Waals surface area contributed by atoms with Crippen LogP contribution in [0.4, 0.5) is 5.69 Å². The summed E-state index contributed by atoms with van der Waals surface area (Å²) in [6, 6.07) is 6.47. The Labute approximate surface area is 121 Å². The predicted octanol–water partition coefficient (Wildman–Crippen LogP) is 2.62. The van der Waals surface area contributed by atoms with Crippen LogP contribution in [0.25, 0.3) is 0 Å². The van der Waals surface area contributed by atoms with Crippen LogP contribution in [0, 0.1) is 6.92 Å². The van der Waals surface area contributed by atoms with Gasteiger partial charge in [0.15, 0.2) is 0 Å². The summed E-state index contributed by atoms with van der Waals surface area (Å²) in [4.78, 5) is 2.70. The van der Waals surface area contributed by atoms with Gasteiger partial charge in [-0.1, -0.05) is 26.1 Å². The Morgan fingerprint density at radius 2 is 2.00 bits per heavy atom. The van der Waals surface area contributed by atoms with E-state index >= 15 is 0 Å². The lowest BCUT2D eigenvalue weighted by Gasteiger charge is -2.33. The Balaban J connectivity index is 3.12. The van der Waals surface area contributed by atoms with Crippen molar-refractivity contribution in [3.63, 3.8) is 0 Å². The largest absolute Gasteiger partial charge is 0.395 e. The van der Waals surface area contributed by atoms with Crippen molar-refractivity contribution in [1.29, 1.82) is 0 Å². The van der Waals surface area contributed by atoms with Crippen LogP contribution in [0.2, 0.25) is 0 Å². The van der Waals surface area contributed by atoms with Gasteiger partial charge in [-0.3, -0.25) is 0 Å². The first-order valence-corrected chi connectivity index (χ1v) is 7.23. The van der Waals surface area contributed by atoms with Crippen LogP contribution in [0.5, 0.6) is 0 Å². The molecule has 0 aliphatic carbocycles. The fourth-order valence-corrected chi connectivity index (χ4v) is 2.59. The Morgan fingerprint density at radius 1 is 1.37 bits per heavy atom. The van der Waals surface area contributed by atoms with E-state index in [1.54, 1.807) is 0 Å². The van der Waals surface area contributed by atoms with Gasteiger partial charge in [-0.15, -0.1) is 0 Å². The smallest absolute Gasteiger partial charge is 0.103 e. The number of rotatable bonds is 7. The van der Waals surface area contributed by atoms with Crippen molar-refractivity contribution in [2.24, 2.45) is 5.73 Å². The van der Waals surface area contributed by atoms with Gasteiger partial charge in [0.25, 0.3) is 0 Å². The molecular weight excluding hydrogens is 256 g/mol. The second kappa shape index (κ2) is 7.46. The number of thiocarbonyl (C=S) groups is 1. The molecule has 1 aromatic carbocycles. The van der Waals surface area contributed by atoms with Crippen molar-refractivity contribution < 1.29 is 5.11 Å². The van der Waals surface area contributed by atoms with Gasteiger partial charge < -0.3 is 15.7 Å². The zero-order chi connectivity index (χ0) is 14.4. The maximum atomic E-state index is 9.29. The van der Waals surface area contributed by atoms with Gasteiger partial charge in [0.05, 0.1) is 6.61 Å². The molecule has 0 aromatic heterocycles. The second-order valence-electron chi connectivity index (χ2n) is 4.75. The number of nitrogens with zero attached hydrogens (tertiary/aromatic N) is 1. The molecular formula is C15H24N2OS. The average Bonchev–Trinajstić information content (AvgIpc) is 2.39. The molecule has 0 heterocycles. The molecule has 0 fully saturated rings. The van der Waals surface area contributed by atoms with Crippen LogP contribution in [0.3, 0.4) is 0 Å². The van der Waals surface area contributed by atoms with Crippen LogP contribution in [-0.2, 0) is 0 Å². The number of anilines is 1. The lowest BCUT2D eigenvalue weighted by molar-refractivity contribution is 0.296. The van der Waals surface area contributed by atoms with E-state index in [2.05, 4.69) is 31.7 Å². The molecule has 1 aromatic rings. The van der Waals surface area contributed by atoms with Crippen LogP contribution >= 0.6 is 12.2 Å². The maximum Gasteiger partial charge on any atom is 0.103 e. The maximum absolute atomic E-state index is 9.29. The highest BCUT2D eigenvalue weighted by atomic mass is 32.1. The van der Waals surface area contributed by atoms with E-state index in [0.717, 1.165) is 29.7 Å². The zero-order valence-electron chi connectivity index (χ0n) is 12.0. The molecule has 4 heteroatoms. The average molecular weight is 280 g/mol. The van der Waals surface area contributed by atoms with Crippen molar-refractivity contribution >= 4 is 22.9 Å². The predicted molar refractivity (Wildman–Crippen MR) is 85.9 cm³/mol. The summed E-state index contributed by atoms with van der Waals surface area (Å²) in [5.41, 5.74) is 8.85. The van der Waals surface area contributed by atoms with E-state index < -0.39 is 0 Å². The number of hydrogen-bond acceptors (Lipinski definition) is 3. The van der Waals surface area contributed by atoms with Gasteiger partial charge >= 0.3 is 0 Å². The fourth-order valence-electron chi connectivity index (χ4n) is 2.47. The molecule has 0 aliphatic rings. The third-order valence-electron chi connectivity index (χ3n) is 3.51. The van der Waals surface area contributed by atoms with E-state index in [-0.39, 0.29) is 6.61 Å². The Bertz CT molecular complexity index is 430. The molecule has 3 N–H and O–H groups in total. The lowest BCUT2D eigenvalue weighted by Crippen LogP contribution is -2.37. The van der Waals surface area contributed by atoms with Gasteiger partial charge in [0.1, 0.15) is 4.99 Å². The highest BCUT2D eigenvalue weighted by molar-refractivity contribution is 7.80. The van der Waals surface area contributed by atoms with E-state index in [4.69, 9.17) is 18.0 Å². The van der Waals surface area contributed by atoms with E-state index in [1.165, 1.54) is 0 Å². The molecule has 0 saturated heterocycles. The highest BCUT2D eigenvalue weighted by Gasteiger charge is 2.17. The van der Waals surface area contributed by atoms with E-state index in [1.807, 2.05) is 12.1 Å². The number of aliphatic hydroxyl groups excluding tert-OH is 1. The van der Waals surface area contributed by atoms with Crippen molar-refractivity contribution in [3.05, 3.63) is 29.3 Å². The quantitative estimate of drug-likeness (QED) is 0.754. The third-order valence-corrected chi connectivity index (χ3v) is 3.75. The summed E-state index contributed by atoms with van der Waals surface area (Å²) >= 11 is 5.00. The van der Waals surface area contributed by atoms with Gasteiger partial charge in [0.2, 0.25) is 0 Å². The van der Waals surface area contributed by atoms with Crippen LogP contribution in [0.1, 0.15) is 37.8 Å².